The number of nitrogens with zero attached hydrogens (tertiary/aromatic N) is 2. The van der Waals surface area contributed by atoms with Gasteiger partial charge in [-0.2, -0.15) is 0 Å². The molecule has 0 bridgehead atoms. The van der Waals surface area contributed by atoms with Crippen LogP contribution in [0.4, 0.5) is 4.39 Å². The van der Waals surface area contributed by atoms with Crippen molar-refractivity contribution < 1.29 is 18.8 Å². The molecule has 0 spiro atoms. The van der Waals surface area contributed by atoms with Crippen LogP contribution < -0.4 is 10.6 Å². The highest BCUT2D eigenvalue weighted by atomic mass is 19.1. The van der Waals surface area contributed by atoms with Crippen molar-refractivity contribution in [2.45, 2.75) is 44.7 Å². The molecule has 0 aromatic heterocycles. The highest BCUT2D eigenvalue weighted by molar-refractivity contribution is 5.84. The Morgan fingerprint density at radius 3 is 2.31 bits per heavy atom. The average molecular weight is 495 g/mol. The van der Waals surface area contributed by atoms with E-state index in [9.17, 15) is 18.8 Å². The molecule has 2 aliphatic heterocycles. The van der Waals surface area contributed by atoms with Crippen molar-refractivity contribution in [3.05, 3.63) is 71.5 Å². The van der Waals surface area contributed by atoms with Gasteiger partial charge in [-0.1, -0.05) is 42.5 Å². The largest absolute Gasteiger partial charge is 0.353 e. The van der Waals surface area contributed by atoms with Gasteiger partial charge in [-0.3, -0.25) is 14.4 Å². The molecule has 2 fully saturated rings. The molecule has 0 radical (unpaired) electrons. The van der Waals surface area contributed by atoms with Crippen LogP contribution in [0.3, 0.4) is 0 Å². The molecule has 7 nitrogen and oxygen atoms in total. The van der Waals surface area contributed by atoms with Gasteiger partial charge in [0.1, 0.15) is 5.82 Å². The fourth-order valence-corrected chi connectivity index (χ4v) is 4.88. The summed E-state index contributed by atoms with van der Waals surface area (Å²) < 4.78 is 13.1. The van der Waals surface area contributed by atoms with Crippen molar-refractivity contribution in [2.75, 3.05) is 32.7 Å². The van der Waals surface area contributed by atoms with Crippen LogP contribution in [-0.2, 0) is 20.8 Å². The Balaban J connectivity index is 1.22. The first-order valence-electron chi connectivity index (χ1n) is 12.7. The summed E-state index contributed by atoms with van der Waals surface area (Å²) in [6.07, 6.45) is 2.80. The summed E-state index contributed by atoms with van der Waals surface area (Å²) in [5.41, 5.74) is 1.88. The molecule has 2 saturated heterocycles. The van der Waals surface area contributed by atoms with Gasteiger partial charge in [0.15, 0.2) is 0 Å². The van der Waals surface area contributed by atoms with Crippen molar-refractivity contribution in [3.63, 3.8) is 0 Å². The average Bonchev–Trinajstić information content (AvgIpc) is 2.83. The maximum Gasteiger partial charge on any atom is 0.227 e. The van der Waals surface area contributed by atoms with E-state index in [1.807, 2.05) is 30.3 Å². The standard InChI is InChI=1S/C28H35FN4O3/c1-20(34)33-18-23(19-33)28(36)31-26(22-5-3-2-4-6-22)13-16-32-14-11-25(12-15-32)30-27(35)17-21-7-9-24(29)10-8-21/h2-10,23,25-26H,11-19H2,1H3,(H,30,35)(H,31,36). The van der Waals surface area contributed by atoms with Gasteiger partial charge >= 0.3 is 0 Å². The highest BCUT2D eigenvalue weighted by Crippen LogP contribution is 2.22. The summed E-state index contributed by atoms with van der Waals surface area (Å²) in [6, 6.07) is 16.1. The maximum absolute atomic E-state index is 13.1. The molecule has 3 amide bonds. The number of likely N-dealkylation sites (tertiary alicyclic amines) is 2. The molecule has 2 heterocycles. The summed E-state index contributed by atoms with van der Waals surface area (Å²) >= 11 is 0. The van der Waals surface area contributed by atoms with Gasteiger partial charge in [-0.05, 0) is 42.5 Å². The molecule has 36 heavy (non-hydrogen) atoms. The Bertz CT molecular complexity index is 1030. The first-order chi connectivity index (χ1) is 17.4. The minimum atomic E-state index is -0.303. The van der Waals surface area contributed by atoms with Crippen molar-refractivity contribution in [3.8, 4) is 0 Å². The first kappa shape index (κ1) is 25.8. The number of halogens is 1. The number of nitrogens with one attached hydrogen (secondary N) is 2. The smallest absolute Gasteiger partial charge is 0.227 e. The number of hydrogen-bond acceptors (Lipinski definition) is 4. The molecule has 2 aromatic rings. The Hall–Kier alpha value is -3.26. The van der Waals surface area contributed by atoms with E-state index in [0.29, 0.717) is 13.1 Å². The normalized spacial score (nSPS) is 17.8. The van der Waals surface area contributed by atoms with Crippen LogP contribution in [0.2, 0.25) is 0 Å². The van der Waals surface area contributed by atoms with Gasteiger partial charge in [-0.15, -0.1) is 0 Å². The molecule has 2 aliphatic rings. The molecule has 8 heteroatoms. The third-order valence-electron chi connectivity index (χ3n) is 7.18. The van der Waals surface area contributed by atoms with E-state index in [2.05, 4.69) is 15.5 Å². The van der Waals surface area contributed by atoms with Gasteiger partial charge in [-0.25, -0.2) is 4.39 Å². The van der Waals surface area contributed by atoms with Gasteiger partial charge in [0.25, 0.3) is 0 Å². The Kier molecular flexibility index (Phi) is 8.70. The number of amides is 3. The second kappa shape index (κ2) is 12.1. The minimum absolute atomic E-state index is 0.00364. The molecule has 2 aromatic carbocycles. The molecule has 2 N–H and O–H groups in total. The number of hydrogen-bond donors (Lipinski definition) is 2. The van der Waals surface area contributed by atoms with Crippen LogP contribution in [0.25, 0.3) is 0 Å². The second-order valence-electron chi connectivity index (χ2n) is 9.87. The lowest BCUT2D eigenvalue weighted by molar-refractivity contribution is -0.141. The number of piperidine rings is 1. The molecule has 192 valence electrons. The summed E-state index contributed by atoms with van der Waals surface area (Å²) in [4.78, 5) is 40.7. The monoisotopic (exact) mass is 494 g/mol. The van der Waals surface area contributed by atoms with E-state index in [-0.39, 0.29) is 48.0 Å². The molecular formula is C28H35FN4O3. The van der Waals surface area contributed by atoms with Crippen molar-refractivity contribution in [1.82, 2.24) is 20.4 Å². The Morgan fingerprint density at radius 2 is 1.67 bits per heavy atom. The number of benzene rings is 2. The fourth-order valence-electron chi connectivity index (χ4n) is 4.88. The minimum Gasteiger partial charge on any atom is -0.353 e. The quantitative estimate of drug-likeness (QED) is 0.562. The van der Waals surface area contributed by atoms with E-state index in [4.69, 9.17) is 0 Å². The van der Waals surface area contributed by atoms with Crippen molar-refractivity contribution in [1.29, 1.82) is 0 Å². The lowest BCUT2D eigenvalue weighted by Crippen LogP contribution is -2.55. The van der Waals surface area contributed by atoms with Gasteiger partial charge in [0.05, 0.1) is 18.4 Å². The third kappa shape index (κ3) is 7.13. The topological polar surface area (TPSA) is 81.8 Å². The molecule has 1 atom stereocenters. The number of carbonyl (C=O) groups is 3. The molecule has 1 unspecified atom stereocenters. The summed E-state index contributed by atoms with van der Waals surface area (Å²) in [5.74, 6) is -0.471. The lowest BCUT2D eigenvalue weighted by Gasteiger charge is -2.38. The van der Waals surface area contributed by atoms with E-state index >= 15 is 0 Å². The summed E-state index contributed by atoms with van der Waals surface area (Å²) in [5, 5.41) is 6.32. The van der Waals surface area contributed by atoms with E-state index in [1.54, 1.807) is 17.0 Å². The summed E-state index contributed by atoms with van der Waals surface area (Å²) in [7, 11) is 0. The van der Waals surface area contributed by atoms with Crippen LogP contribution in [0.5, 0.6) is 0 Å². The Morgan fingerprint density at radius 1 is 1.00 bits per heavy atom. The summed E-state index contributed by atoms with van der Waals surface area (Å²) in [6.45, 7) is 5.12. The molecule has 0 aliphatic carbocycles. The highest BCUT2D eigenvalue weighted by Gasteiger charge is 2.35. The zero-order valence-electron chi connectivity index (χ0n) is 20.8. The van der Waals surface area contributed by atoms with Crippen LogP contribution in [0, 0.1) is 11.7 Å². The second-order valence-corrected chi connectivity index (χ2v) is 9.87. The van der Waals surface area contributed by atoms with Crippen LogP contribution in [-0.4, -0.2) is 66.3 Å². The predicted molar refractivity (Wildman–Crippen MR) is 135 cm³/mol. The van der Waals surface area contributed by atoms with Crippen molar-refractivity contribution in [2.24, 2.45) is 5.92 Å². The van der Waals surface area contributed by atoms with Gasteiger partial charge in [0, 0.05) is 45.7 Å². The van der Waals surface area contributed by atoms with Gasteiger partial charge < -0.3 is 20.4 Å². The van der Waals surface area contributed by atoms with Crippen LogP contribution in [0.15, 0.2) is 54.6 Å². The number of carbonyl (C=O) groups excluding carboxylic acids is 3. The lowest BCUT2D eigenvalue weighted by atomic mass is 9.96. The zero-order chi connectivity index (χ0) is 25.5. The predicted octanol–water partition coefficient (Wildman–Crippen LogP) is 2.67. The van der Waals surface area contributed by atoms with Crippen molar-refractivity contribution >= 4 is 17.7 Å². The van der Waals surface area contributed by atoms with E-state index in [0.717, 1.165) is 50.0 Å². The van der Waals surface area contributed by atoms with Gasteiger partial charge in [0.2, 0.25) is 17.7 Å². The first-order valence-corrected chi connectivity index (χ1v) is 12.7. The van der Waals surface area contributed by atoms with Crippen LogP contribution in [0.1, 0.15) is 43.4 Å². The molecule has 0 saturated carbocycles. The number of rotatable bonds is 9. The van der Waals surface area contributed by atoms with Crippen LogP contribution >= 0.6 is 0 Å². The van der Waals surface area contributed by atoms with E-state index in [1.165, 1.54) is 19.1 Å². The fraction of sp³-hybridized carbons (Fsp3) is 0.464. The SMILES string of the molecule is CC(=O)N1CC(C(=O)NC(CCN2CCC(NC(=O)Cc3ccc(F)cc3)CC2)c2ccccc2)C1. The maximum atomic E-state index is 13.1. The molecule has 4 rings (SSSR count). The molecular weight excluding hydrogens is 459 g/mol. The Labute approximate surface area is 212 Å². The zero-order valence-corrected chi connectivity index (χ0v) is 20.8. The third-order valence-corrected chi connectivity index (χ3v) is 7.18. The van der Waals surface area contributed by atoms with E-state index < -0.39 is 0 Å².